The highest BCUT2D eigenvalue weighted by Crippen LogP contribution is 2.49. The van der Waals surface area contributed by atoms with Crippen molar-refractivity contribution in [2.75, 3.05) is 0 Å². The highest BCUT2D eigenvalue weighted by molar-refractivity contribution is 6.27. The van der Waals surface area contributed by atoms with Gasteiger partial charge in [-0.3, -0.25) is 0 Å². The molecule has 0 spiro atoms. The van der Waals surface area contributed by atoms with Crippen molar-refractivity contribution in [1.82, 2.24) is 0 Å². The lowest BCUT2D eigenvalue weighted by Gasteiger charge is -2.19. The third-order valence-electron chi connectivity index (χ3n) is 8.42. The van der Waals surface area contributed by atoms with Gasteiger partial charge >= 0.3 is 0 Å². The summed E-state index contributed by atoms with van der Waals surface area (Å²) in [7, 11) is 0. The number of rotatable bonds is 3. The third-order valence-corrected chi connectivity index (χ3v) is 8.42. The average molecular weight is 602 g/mol. The van der Waals surface area contributed by atoms with Gasteiger partial charge in [-0.25, -0.2) is 0 Å². The molecule has 2 heterocycles. The Morgan fingerprint density at radius 3 is 1.74 bits per heavy atom. The van der Waals surface area contributed by atoms with Gasteiger partial charge in [0.2, 0.25) is 0 Å². The van der Waals surface area contributed by atoms with Gasteiger partial charge in [-0.15, -0.1) is 0 Å². The summed E-state index contributed by atoms with van der Waals surface area (Å²) in [6.45, 7) is 0. The minimum atomic E-state index is -0.773. The Balaban J connectivity index is 1.55. The van der Waals surface area contributed by atoms with Gasteiger partial charge in [0.25, 0.3) is 0 Å². The molecule has 10 rings (SSSR count). The minimum absolute atomic E-state index is 0.0358. The Hall–Kier alpha value is -6.12. The maximum absolute atomic E-state index is 9.55. The topological polar surface area (TPSA) is 26.3 Å². The molecule has 0 saturated carbocycles. The second kappa shape index (κ2) is 9.69. The van der Waals surface area contributed by atoms with E-state index in [2.05, 4.69) is 0 Å². The molecule has 0 N–H and O–H groups in total. The van der Waals surface area contributed by atoms with Crippen molar-refractivity contribution in [3.05, 3.63) is 157 Å². The molecule has 0 amide bonds. The molecule has 0 bridgehead atoms. The first-order chi connectivity index (χ1) is 29.1. The lowest BCUT2D eigenvalue weighted by molar-refractivity contribution is 0.611. The van der Waals surface area contributed by atoms with Gasteiger partial charge in [-0.2, -0.15) is 0 Å². The number of furan rings is 2. The molecule has 46 heavy (non-hydrogen) atoms. The van der Waals surface area contributed by atoms with Gasteiger partial charge in [0, 0.05) is 21.7 Å². The van der Waals surface area contributed by atoms with Crippen molar-refractivity contribution < 1.29 is 29.4 Å². The molecule has 10 aromatic rings. The molecule has 8 aromatic carbocycles. The Bertz CT molecular complexity index is 3560. The first-order valence-corrected chi connectivity index (χ1v) is 14.5. The Morgan fingerprint density at radius 2 is 1.00 bits per heavy atom. The lowest BCUT2D eigenvalue weighted by atomic mass is 9.84. The third kappa shape index (κ3) is 3.59. The zero-order valence-corrected chi connectivity index (χ0v) is 23.7. The van der Waals surface area contributed by atoms with Crippen LogP contribution in [-0.4, -0.2) is 0 Å². The van der Waals surface area contributed by atoms with Gasteiger partial charge < -0.3 is 8.83 Å². The standard InChI is InChI=1S/C44H26O2/c1-2-14-28(15-3-1)40-26-38-36(25-37-30-18-10-11-24-39(30)45-43(37)44(38)46-40)42-34-21-8-6-19-32(34)41(33-20-7-9-22-35(33)42)31-23-12-16-27-13-4-5-17-29(27)31/h1-26H/i4D,5D,6D,7D,8D,9D,12D,13D,16D,17D,19D,20D,21D,22D,23D. The summed E-state index contributed by atoms with van der Waals surface area (Å²) in [5, 5.41) is -0.459. The zero-order chi connectivity index (χ0) is 43.2. The van der Waals surface area contributed by atoms with E-state index in [0.717, 1.165) is 0 Å². The van der Waals surface area contributed by atoms with Crippen LogP contribution in [0.4, 0.5) is 0 Å². The SMILES string of the molecule is [2H]c1c([2H])c([2H])c2c(-c3c4c([2H])c([2H])c([2H])c([2H])c4c(-c4cc5c6ccccc6oc5c5oc(-c6ccccc6)cc45)c4c([2H])c([2H])c([2H])c([2H])c34)c([2H])c([2H])c([2H])c2c1[2H]. The molecule has 2 aromatic heterocycles. The molecule has 0 saturated heterocycles. The Morgan fingerprint density at radius 1 is 0.413 bits per heavy atom. The van der Waals surface area contributed by atoms with E-state index < -0.39 is 107 Å². The maximum Gasteiger partial charge on any atom is 0.178 e. The Labute approximate surface area is 285 Å². The molecular formula is C44H26O2. The summed E-state index contributed by atoms with van der Waals surface area (Å²) in [4.78, 5) is 0. The van der Waals surface area contributed by atoms with E-state index in [9.17, 15) is 6.85 Å². The summed E-state index contributed by atoms with van der Waals surface area (Å²) in [5.41, 5.74) is 1.16. The predicted octanol–water partition coefficient (Wildman–Crippen LogP) is 12.8. The molecule has 0 radical (unpaired) electrons. The van der Waals surface area contributed by atoms with Crippen LogP contribution in [0.15, 0.2) is 166 Å². The van der Waals surface area contributed by atoms with Crippen LogP contribution >= 0.6 is 0 Å². The minimum Gasteiger partial charge on any atom is -0.452 e. The molecule has 0 unspecified atom stereocenters. The van der Waals surface area contributed by atoms with E-state index in [-0.39, 0.29) is 43.8 Å². The molecule has 2 nitrogen and oxygen atoms in total. The monoisotopic (exact) mass is 601 g/mol. The second-order valence-corrected chi connectivity index (χ2v) is 10.9. The van der Waals surface area contributed by atoms with E-state index in [1.54, 1.807) is 24.3 Å². The molecule has 0 aliphatic rings. The number of para-hydroxylation sites is 1. The normalized spacial score (nSPS) is 16.5. The smallest absolute Gasteiger partial charge is 0.178 e. The van der Waals surface area contributed by atoms with Crippen molar-refractivity contribution in [2.45, 2.75) is 0 Å². The maximum atomic E-state index is 9.55. The first kappa shape index (κ1) is 14.8. The van der Waals surface area contributed by atoms with Crippen molar-refractivity contribution in [3.63, 3.8) is 0 Å². The molecule has 0 atom stereocenters. The number of benzene rings is 8. The van der Waals surface area contributed by atoms with Crippen LogP contribution < -0.4 is 0 Å². The van der Waals surface area contributed by atoms with E-state index in [1.807, 2.05) is 42.5 Å². The Kier molecular flexibility index (Phi) is 3.11. The van der Waals surface area contributed by atoms with Crippen LogP contribution in [0.3, 0.4) is 0 Å². The molecular weight excluding hydrogens is 560 g/mol. The summed E-state index contributed by atoms with van der Waals surface area (Å²) < 4.78 is 149. The van der Waals surface area contributed by atoms with Crippen molar-refractivity contribution in [1.29, 1.82) is 0 Å². The van der Waals surface area contributed by atoms with Crippen LogP contribution in [0.5, 0.6) is 0 Å². The van der Waals surface area contributed by atoms with Gasteiger partial charge in [-0.05, 0) is 72.8 Å². The predicted molar refractivity (Wildman–Crippen MR) is 192 cm³/mol. The summed E-state index contributed by atoms with van der Waals surface area (Å²) in [6.07, 6.45) is 0. The van der Waals surface area contributed by atoms with Gasteiger partial charge in [0.05, 0.1) is 20.6 Å². The van der Waals surface area contributed by atoms with Gasteiger partial charge in [-0.1, -0.05) is 139 Å². The van der Waals surface area contributed by atoms with E-state index in [0.29, 0.717) is 38.6 Å². The number of fused-ring (bicyclic) bond motifs is 8. The molecule has 0 aliphatic heterocycles. The molecule has 214 valence electrons. The zero-order valence-electron chi connectivity index (χ0n) is 38.7. The van der Waals surface area contributed by atoms with Crippen molar-refractivity contribution in [2.24, 2.45) is 0 Å². The average Bonchev–Trinajstić information content (AvgIpc) is 3.88. The number of hydrogen-bond acceptors (Lipinski definition) is 2. The molecule has 2 heteroatoms. The lowest BCUT2D eigenvalue weighted by Crippen LogP contribution is -1.92. The summed E-state index contributed by atoms with van der Waals surface area (Å²) >= 11 is 0. The van der Waals surface area contributed by atoms with Gasteiger partial charge in [0.15, 0.2) is 11.2 Å². The molecule has 0 fully saturated rings. The fourth-order valence-corrected chi connectivity index (χ4v) is 6.46. The van der Waals surface area contributed by atoms with E-state index >= 15 is 0 Å². The summed E-state index contributed by atoms with van der Waals surface area (Å²) in [6, 6.07) is 9.29. The van der Waals surface area contributed by atoms with Crippen LogP contribution in [0, 0.1) is 0 Å². The van der Waals surface area contributed by atoms with Crippen molar-refractivity contribution >= 4 is 65.2 Å². The highest BCUT2D eigenvalue weighted by atomic mass is 16.4. The van der Waals surface area contributed by atoms with Crippen LogP contribution in [0.2, 0.25) is 0 Å². The van der Waals surface area contributed by atoms with E-state index in [1.165, 1.54) is 0 Å². The quantitative estimate of drug-likeness (QED) is 0.188. The van der Waals surface area contributed by atoms with E-state index in [4.69, 9.17) is 22.5 Å². The second-order valence-electron chi connectivity index (χ2n) is 10.9. The first-order valence-electron chi connectivity index (χ1n) is 22.0. The number of hydrogen-bond donors (Lipinski definition) is 0. The summed E-state index contributed by atoms with van der Waals surface area (Å²) in [5.74, 6) is 0.400. The highest BCUT2D eigenvalue weighted by Gasteiger charge is 2.23. The van der Waals surface area contributed by atoms with Crippen LogP contribution in [0.1, 0.15) is 20.6 Å². The largest absolute Gasteiger partial charge is 0.452 e. The fourth-order valence-electron chi connectivity index (χ4n) is 6.46. The van der Waals surface area contributed by atoms with Crippen LogP contribution in [0.25, 0.3) is 98.8 Å². The van der Waals surface area contributed by atoms with Crippen molar-refractivity contribution in [3.8, 4) is 33.6 Å². The molecule has 0 aliphatic carbocycles. The van der Waals surface area contributed by atoms with Crippen LogP contribution in [-0.2, 0) is 0 Å². The fraction of sp³-hybridized carbons (Fsp3) is 0. The van der Waals surface area contributed by atoms with Gasteiger partial charge in [0.1, 0.15) is 11.3 Å².